The highest BCUT2D eigenvalue weighted by molar-refractivity contribution is 5.24. The Bertz CT molecular complexity index is 325. The fraction of sp³-hybridized carbons (Fsp3) is 0.571. The topological polar surface area (TPSA) is 51.9 Å². The van der Waals surface area contributed by atoms with Crippen LogP contribution in [-0.2, 0) is 6.54 Å². The van der Waals surface area contributed by atoms with E-state index in [1.165, 1.54) is 0 Å². The van der Waals surface area contributed by atoms with Gasteiger partial charge < -0.3 is 5.10 Å². The first-order valence-corrected chi connectivity index (χ1v) is 3.70. The summed E-state index contributed by atoms with van der Waals surface area (Å²) in [5.41, 5.74) is 1.95. The molecule has 0 aliphatic carbocycles. The third-order valence-electron chi connectivity index (χ3n) is 2.40. The van der Waals surface area contributed by atoms with Crippen molar-refractivity contribution in [2.75, 3.05) is 7.05 Å². The van der Waals surface area contributed by atoms with Gasteiger partial charge in [-0.2, -0.15) is 0 Å². The number of nitrogens with one attached hydrogen (secondary N) is 2. The molecule has 0 fully saturated rings. The Morgan fingerprint density at radius 1 is 1.55 bits per heavy atom. The van der Waals surface area contributed by atoms with E-state index in [0.717, 1.165) is 17.8 Å². The molecule has 2 N–H and O–H groups in total. The van der Waals surface area contributed by atoms with Gasteiger partial charge in [-0.05, 0) is 14.0 Å². The van der Waals surface area contributed by atoms with Crippen LogP contribution < -0.4 is 5.56 Å². The van der Waals surface area contributed by atoms with Crippen molar-refractivity contribution in [1.82, 2.24) is 15.1 Å². The second-order valence-corrected chi connectivity index (χ2v) is 3.06. The number of rotatable bonds is 0. The predicted octanol–water partition coefficient (Wildman–Crippen LogP) is 0.209. The van der Waals surface area contributed by atoms with E-state index < -0.39 is 0 Å². The third-order valence-corrected chi connectivity index (χ3v) is 2.40. The molecule has 1 aliphatic rings. The van der Waals surface area contributed by atoms with Gasteiger partial charge in [-0.3, -0.25) is 14.8 Å². The van der Waals surface area contributed by atoms with E-state index in [4.69, 9.17) is 0 Å². The number of aromatic nitrogens is 2. The van der Waals surface area contributed by atoms with Gasteiger partial charge in [-0.25, -0.2) is 0 Å². The molecular weight excluding hydrogens is 142 g/mol. The van der Waals surface area contributed by atoms with Crippen LogP contribution in [0.25, 0.3) is 0 Å². The SMILES string of the molecule is CC1c2[nH][nH]c(=O)c2CN1C. The molecule has 0 spiro atoms. The summed E-state index contributed by atoms with van der Waals surface area (Å²) in [5.74, 6) is 0. The van der Waals surface area contributed by atoms with E-state index >= 15 is 0 Å². The van der Waals surface area contributed by atoms with Gasteiger partial charge in [0.2, 0.25) is 0 Å². The average Bonchev–Trinajstić information content (AvgIpc) is 2.43. The molecule has 2 rings (SSSR count). The average molecular weight is 153 g/mol. The second kappa shape index (κ2) is 1.98. The number of nitrogens with zero attached hydrogens (tertiary/aromatic N) is 1. The predicted molar refractivity (Wildman–Crippen MR) is 41.3 cm³/mol. The summed E-state index contributed by atoms with van der Waals surface area (Å²) in [5, 5.41) is 5.47. The van der Waals surface area contributed by atoms with Crippen molar-refractivity contribution in [3.63, 3.8) is 0 Å². The minimum absolute atomic E-state index is 0.0243. The van der Waals surface area contributed by atoms with Crippen molar-refractivity contribution in [3.05, 3.63) is 21.6 Å². The second-order valence-electron chi connectivity index (χ2n) is 3.06. The summed E-state index contributed by atoms with van der Waals surface area (Å²) in [6, 6.07) is 0.337. The molecule has 1 unspecified atom stereocenters. The Morgan fingerprint density at radius 3 is 2.91 bits per heavy atom. The fourth-order valence-corrected chi connectivity index (χ4v) is 1.52. The van der Waals surface area contributed by atoms with Gasteiger partial charge in [0.25, 0.3) is 5.56 Å². The maximum atomic E-state index is 11.1. The first-order valence-electron chi connectivity index (χ1n) is 3.70. The number of hydrogen-bond acceptors (Lipinski definition) is 2. The van der Waals surface area contributed by atoms with Crippen LogP contribution in [0, 0.1) is 0 Å². The van der Waals surface area contributed by atoms with Crippen molar-refractivity contribution in [2.24, 2.45) is 0 Å². The van der Waals surface area contributed by atoms with Gasteiger partial charge in [-0.15, -0.1) is 0 Å². The highest BCUT2D eigenvalue weighted by atomic mass is 16.1. The van der Waals surface area contributed by atoms with Crippen LogP contribution in [0.3, 0.4) is 0 Å². The Morgan fingerprint density at radius 2 is 2.27 bits per heavy atom. The van der Waals surface area contributed by atoms with Crippen molar-refractivity contribution >= 4 is 0 Å². The van der Waals surface area contributed by atoms with E-state index in [1.807, 2.05) is 7.05 Å². The molecule has 4 heteroatoms. The minimum atomic E-state index is 0.0243. The van der Waals surface area contributed by atoms with Gasteiger partial charge in [0.1, 0.15) is 0 Å². The van der Waals surface area contributed by atoms with E-state index in [1.54, 1.807) is 0 Å². The lowest BCUT2D eigenvalue weighted by atomic mass is 10.2. The van der Waals surface area contributed by atoms with Crippen LogP contribution in [0.2, 0.25) is 0 Å². The summed E-state index contributed by atoms with van der Waals surface area (Å²) in [6.07, 6.45) is 0. The summed E-state index contributed by atoms with van der Waals surface area (Å²) >= 11 is 0. The molecule has 0 bridgehead atoms. The molecule has 11 heavy (non-hydrogen) atoms. The highest BCUT2D eigenvalue weighted by Crippen LogP contribution is 2.26. The summed E-state index contributed by atoms with van der Waals surface area (Å²) in [7, 11) is 2.01. The van der Waals surface area contributed by atoms with Crippen LogP contribution in [0.15, 0.2) is 4.79 Å². The quantitative estimate of drug-likeness (QED) is 0.559. The van der Waals surface area contributed by atoms with E-state index in [-0.39, 0.29) is 5.56 Å². The number of H-pyrrole nitrogens is 2. The van der Waals surface area contributed by atoms with Crippen LogP contribution >= 0.6 is 0 Å². The molecule has 0 radical (unpaired) electrons. The lowest BCUT2D eigenvalue weighted by Gasteiger charge is -2.13. The first kappa shape index (κ1) is 6.67. The summed E-state index contributed by atoms with van der Waals surface area (Å²) in [4.78, 5) is 13.2. The molecule has 0 amide bonds. The molecule has 4 nitrogen and oxygen atoms in total. The lowest BCUT2D eigenvalue weighted by molar-refractivity contribution is 0.280. The smallest absolute Gasteiger partial charge is 0.268 e. The van der Waals surface area contributed by atoms with E-state index in [9.17, 15) is 4.79 Å². The lowest BCUT2D eigenvalue weighted by Crippen LogP contribution is -2.16. The monoisotopic (exact) mass is 153 g/mol. The Balaban J connectivity index is 2.56. The summed E-state index contributed by atoms with van der Waals surface area (Å²) in [6.45, 7) is 2.84. The van der Waals surface area contributed by atoms with Crippen molar-refractivity contribution < 1.29 is 0 Å². The number of aromatic amines is 2. The third kappa shape index (κ3) is 0.758. The molecule has 60 valence electrons. The van der Waals surface area contributed by atoms with Crippen LogP contribution in [-0.4, -0.2) is 22.1 Å². The van der Waals surface area contributed by atoms with Gasteiger partial charge in [0, 0.05) is 12.6 Å². The molecule has 1 aliphatic heterocycles. The maximum Gasteiger partial charge on any atom is 0.268 e. The van der Waals surface area contributed by atoms with Gasteiger partial charge in [0.05, 0.1) is 11.3 Å². The Hall–Kier alpha value is -1.03. The normalized spacial score (nSPS) is 24.0. The molecule has 0 saturated heterocycles. The largest absolute Gasteiger partial charge is 0.300 e. The zero-order valence-electron chi connectivity index (χ0n) is 6.64. The standard InChI is InChI=1S/C7H11N3O/c1-4-6-5(3-10(4)2)7(11)9-8-6/h4H,3H2,1-2H3,(H2,8,9,11). The molecule has 1 aromatic rings. The molecule has 1 atom stereocenters. The van der Waals surface area contributed by atoms with Crippen LogP contribution in [0.4, 0.5) is 0 Å². The summed E-state index contributed by atoms with van der Waals surface area (Å²) < 4.78 is 0. The Labute approximate surface area is 64.2 Å². The van der Waals surface area contributed by atoms with Gasteiger partial charge in [-0.1, -0.05) is 0 Å². The van der Waals surface area contributed by atoms with Gasteiger partial charge >= 0.3 is 0 Å². The Kier molecular flexibility index (Phi) is 1.20. The molecule has 0 saturated carbocycles. The van der Waals surface area contributed by atoms with Crippen molar-refractivity contribution in [2.45, 2.75) is 19.5 Å². The highest BCUT2D eigenvalue weighted by Gasteiger charge is 2.27. The first-order chi connectivity index (χ1) is 5.20. The van der Waals surface area contributed by atoms with E-state index in [2.05, 4.69) is 22.0 Å². The maximum absolute atomic E-state index is 11.1. The van der Waals surface area contributed by atoms with Crippen LogP contribution in [0.1, 0.15) is 24.2 Å². The van der Waals surface area contributed by atoms with Crippen molar-refractivity contribution in [3.8, 4) is 0 Å². The number of fused-ring (bicyclic) bond motifs is 1. The van der Waals surface area contributed by atoms with E-state index in [0.29, 0.717) is 6.04 Å². The van der Waals surface area contributed by atoms with Gasteiger partial charge in [0.15, 0.2) is 0 Å². The number of hydrogen-bond donors (Lipinski definition) is 2. The fourth-order valence-electron chi connectivity index (χ4n) is 1.52. The molecule has 0 aromatic carbocycles. The zero-order valence-corrected chi connectivity index (χ0v) is 6.64. The molecular formula is C7H11N3O. The van der Waals surface area contributed by atoms with Crippen molar-refractivity contribution in [1.29, 1.82) is 0 Å². The minimum Gasteiger partial charge on any atom is -0.300 e. The molecule has 2 heterocycles. The van der Waals surface area contributed by atoms with Crippen LogP contribution in [0.5, 0.6) is 0 Å². The zero-order chi connectivity index (χ0) is 8.01. The molecule has 1 aromatic heterocycles.